The second-order valence-corrected chi connectivity index (χ2v) is 1.78. The van der Waals surface area contributed by atoms with Crippen LogP contribution >= 0.6 is 12.4 Å². The molecule has 0 aliphatic heterocycles. The van der Waals surface area contributed by atoms with Crippen molar-refractivity contribution in [2.75, 3.05) is 5.43 Å². The second-order valence-electron chi connectivity index (χ2n) is 1.78. The number of hydrogen-bond acceptors (Lipinski definition) is 3. The lowest BCUT2D eigenvalue weighted by molar-refractivity contribution is 1.17. The first kappa shape index (κ1) is 9.20. The van der Waals surface area contributed by atoms with Crippen molar-refractivity contribution in [3.8, 4) is 0 Å². The number of nitrogen functional groups attached to an aromatic ring is 1. The van der Waals surface area contributed by atoms with Crippen LogP contribution in [0.3, 0.4) is 0 Å². The smallest absolute Gasteiger partial charge is 0.0698 e. The van der Waals surface area contributed by atoms with E-state index in [1.54, 1.807) is 6.20 Å². The minimum Gasteiger partial charge on any atom is -0.322 e. The Labute approximate surface area is 66.0 Å². The first-order valence-electron chi connectivity index (χ1n) is 2.73. The summed E-state index contributed by atoms with van der Waals surface area (Å²) in [6.45, 7) is 1.90. The molecule has 0 amide bonds. The average molecular weight is 160 g/mol. The highest BCUT2D eigenvalue weighted by molar-refractivity contribution is 5.85. The van der Waals surface area contributed by atoms with Crippen molar-refractivity contribution in [2.24, 2.45) is 5.84 Å². The Morgan fingerprint density at radius 1 is 1.60 bits per heavy atom. The molecule has 0 saturated heterocycles. The summed E-state index contributed by atoms with van der Waals surface area (Å²) in [5, 5.41) is 0. The highest BCUT2D eigenvalue weighted by Gasteiger charge is 1.90. The maximum absolute atomic E-state index is 5.16. The van der Waals surface area contributed by atoms with Crippen LogP contribution in [0.2, 0.25) is 0 Å². The number of halogens is 1. The van der Waals surface area contributed by atoms with Crippen LogP contribution in [0, 0.1) is 6.92 Å². The monoisotopic (exact) mass is 159 g/mol. The van der Waals surface area contributed by atoms with E-state index in [1.807, 2.05) is 19.1 Å². The van der Waals surface area contributed by atoms with Crippen molar-refractivity contribution in [1.29, 1.82) is 0 Å². The number of anilines is 1. The first-order chi connectivity index (χ1) is 4.34. The Bertz CT molecular complexity index is 202. The highest BCUT2D eigenvalue weighted by atomic mass is 35.5. The van der Waals surface area contributed by atoms with Gasteiger partial charge in [-0.3, -0.25) is 10.8 Å². The summed E-state index contributed by atoms with van der Waals surface area (Å²) in [4.78, 5) is 4.01. The van der Waals surface area contributed by atoms with Gasteiger partial charge in [-0.15, -0.1) is 12.4 Å². The van der Waals surface area contributed by atoms with Crippen LogP contribution < -0.4 is 11.3 Å². The van der Waals surface area contributed by atoms with E-state index in [4.69, 9.17) is 5.84 Å². The molecule has 0 saturated carbocycles. The summed E-state index contributed by atoms with van der Waals surface area (Å²) in [6, 6.07) is 3.71. The lowest BCUT2D eigenvalue weighted by atomic mass is 10.3. The van der Waals surface area contributed by atoms with E-state index in [2.05, 4.69) is 10.4 Å². The van der Waals surface area contributed by atoms with Gasteiger partial charge in [-0.05, 0) is 19.1 Å². The van der Waals surface area contributed by atoms with Crippen LogP contribution in [0.15, 0.2) is 18.3 Å². The van der Waals surface area contributed by atoms with E-state index in [9.17, 15) is 0 Å². The minimum absolute atomic E-state index is 0. The molecule has 1 rings (SSSR count). The molecule has 1 aromatic rings. The fourth-order valence-corrected chi connectivity index (χ4v) is 0.637. The van der Waals surface area contributed by atoms with Gasteiger partial charge in [0.05, 0.1) is 11.4 Å². The summed E-state index contributed by atoms with van der Waals surface area (Å²) in [5.74, 6) is 5.16. The Morgan fingerprint density at radius 3 is 2.70 bits per heavy atom. The maximum Gasteiger partial charge on any atom is 0.0698 e. The van der Waals surface area contributed by atoms with Gasteiger partial charge in [0.2, 0.25) is 0 Å². The molecule has 0 fully saturated rings. The molecular weight excluding hydrogens is 150 g/mol. The zero-order valence-corrected chi connectivity index (χ0v) is 6.48. The molecule has 0 bridgehead atoms. The van der Waals surface area contributed by atoms with E-state index in [0.29, 0.717) is 0 Å². The van der Waals surface area contributed by atoms with Crippen molar-refractivity contribution < 1.29 is 0 Å². The number of nitrogens with zero attached hydrogens (tertiary/aromatic N) is 1. The standard InChI is InChI=1S/C6H9N3.ClH/c1-5-6(9-7)3-2-4-8-5;/h2-4,9H,7H2,1H3;1H. The molecule has 1 aromatic heterocycles. The fraction of sp³-hybridized carbons (Fsp3) is 0.167. The number of pyridine rings is 1. The van der Waals surface area contributed by atoms with E-state index in [0.717, 1.165) is 11.4 Å². The third-order valence-corrected chi connectivity index (χ3v) is 1.16. The highest BCUT2D eigenvalue weighted by Crippen LogP contribution is 2.06. The number of rotatable bonds is 1. The van der Waals surface area contributed by atoms with Crippen molar-refractivity contribution in [1.82, 2.24) is 4.98 Å². The summed E-state index contributed by atoms with van der Waals surface area (Å²) < 4.78 is 0. The SMILES string of the molecule is Cc1ncccc1NN.Cl. The summed E-state index contributed by atoms with van der Waals surface area (Å²) in [6.07, 6.45) is 1.73. The molecule has 10 heavy (non-hydrogen) atoms. The van der Waals surface area contributed by atoms with E-state index in [1.165, 1.54) is 0 Å². The van der Waals surface area contributed by atoms with Gasteiger partial charge in [-0.25, -0.2) is 0 Å². The molecule has 56 valence electrons. The van der Waals surface area contributed by atoms with Gasteiger partial charge in [-0.1, -0.05) is 0 Å². The summed E-state index contributed by atoms with van der Waals surface area (Å²) >= 11 is 0. The molecule has 0 aliphatic rings. The zero-order chi connectivity index (χ0) is 6.69. The second kappa shape index (κ2) is 4.09. The predicted octanol–water partition coefficient (Wildman–Crippen LogP) is 1.10. The van der Waals surface area contributed by atoms with Crippen molar-refractivity contribution in [3.05, 3.63) is 24.0 Å². The van der Waals surface area contributed by atoms with Gasteiger partial charge in [0.25, 0.3) is 0 Å². The molecule has 0 radical (unpaired) electrons. The molecule has 4 heteroatoms. The molecule has 0 atom stereocenters. The number of nitrogens with one attached hydrogen (secondary N) is 1. The van der Waals surface area contributed by atoms with Crippen molar-refractivity contribution >= 4 is 18.1 Å². The molecule has 0 unspecified atom stereocenters. The Balaban J connectivity index is 0.000000810. The van der Waals surface area contributed by atoms with Crippen molar-refractivity contribution in [2.45, 2.75) is 6.92 Å². The molecule has 3 N–H and O–H groups in total. The lowest BCUT2D eigenvalue weighted by Gasteiger charge is -2.00. The topological polar surface area (TPSA) is 50.9 Å². The largest absolute Gasteiger partial charge is 0.322 e. The van der Waals surface area contributed by atoms with Gasteiger partial charge < -0.3 is 5.43 Å². The molecule has 0 aromatic carbocycles. The Morgan fingerprint density at radius 2 is 2.30 bits per heavy atom. The third-order valence-electron chi connectivity index (χ3n) is 1.16. The predicted molar refractivity (Wildman–Crippen MR) is 44.0 cm³/mol. The number of aromatic nitrogens is 1. The lowest BCUT2D eigenvalue weighted by Crippen LogP contribution is -2.08. The van der Waals surface area contributed by atoms with Crippen LogP contribution in [0.1, 0.15) is 5.69 Å². The molecular formula is C6H10ClN3. The average Bonchev–Trinajstić information content (AvgIpc) is 1.89. The van der Waals surface area contributed by atoms with Gasteiger partial charge in [0, 0.05) is 6.20 Å². The van der Waals surface area contributed by atoms with E-state index < -0.39 is 0 Å². The van der Waals surface area contributed by atoms with Crippen LogP contribution in [0.25, 0.3) is 0 Å². The number of nitrogens with two attached hydrogens (primary N) is 1. The molecule has 1 heterocycles. The Hall–Kier alpha value is -0.800. The van der Waals surface area contributed by atoms with Gasteiger partial charge in [0.15, 0.2) is 0 Å². The third kappa shape index (κ3) is 1.86. The van der Waals surface area contributed by atoms with Crippen LogP contribution in [0.4, 0.5) is 5.69 Å². The Kier molecular flexibility index (Phi) is 3.76. The fourth-order valence-electron chi connectivity index (χ4n) is 0.637. The molecule has 0 aliphatic carbocycles. The van der Waals surface area contributed by atoms with Gasteiger partial charge in [-0.2, -0.15) is 0 Å². The van der Waals surface area contributed by atoms with Crippen LogP contribution in [-0.4, -0.2) is 4.98 Å². The van der Waals surface area contributed by atoms with E-state index in [-0.39, 0.29) is 12.4 Å². The van der Waals surface area contributed by atoms with Crippen LogP contribution in [0.5, 0.6) is 0 Å². The molecule has 0 spiro atoms. The minimum atomic E-state index is 0. The number of hydrazine groups is 1. The number of aryl methyl sites for hydroxylation is 1. The van der Waals surface area contributed by atoms with E-state index >= 15 is 0 Å². The van der Waals surface area contributed by atoms with Gasteiger partial charge >= 0.3 is 0 Å². The quantitative estimate of drug-likeness (QED) is 0.477. The van der Waals surface area contributed by atoms with Gasteiger partial charge in [0.1, 0.15) is 0 Å². The first-order valence-corrected chi connectivity index (χ1v) is 2.73. The normalized spacial score (nSPS) is 8.20. The number of hydrogen-bond donors (Lipinski definition) is 2. The zero-order valence-electron chi connectivity index (χ0n) is 5.66. The summed E-state index contributed by atoms with van der Waals surface area (Å²) in [7, 11) is 0. The van der Waals surface area contributed by atoms with Crippen molar-refractivity contribution in [3.63, 3.8) is 0 Å². The van der Waals surface area contributed by atoms with Crippen LogP contribution in [-0.2, 0) is 0 Å². The molecule has 3 nitrogen and oxygen atoms in total. The maximum atomic E-state index is 5.16. The summed E-state index contributed by atoms with van der Waals surface area (Å²) in [5.41, 5.74) is 4.32.